The van der Waals surface area contributed by atoms with Crippen LogP contribution in [0, 0.1) is 0 Å². The SMILES string of the molecule is CCSc1ccc(-c2nc(C3(CN)CCC3)cs2)cc1. The molecule has 0 aliphatic heterocycles. The number of aromatic nitrogens is 1. The minimum absolute atomic E-state index is 0.173. The third kappa shape index (κ3) is 2.52. The van der Waals surface area contributed by atoms with E-state index in [-0.39, 0.29) is 5.41 Å². The van der Waals surface area contributed by atoms with E-state index in [1.807, 2.05) is 11.8 Å². The molecular formula is C16H20N2S2. The minimum atomic E-state index is 0.173. The number of nitrogens with two attached hydrogens (primary N) is 1. The van der Waals surface area contributed by atoms with Gasteiger partial charge in [-0.15, -0.1) is 23.1 Å². The molecule has 1 saturated carbocycles. The van der Waals surface area contributed by atoms with E-state index >= 15 is 0 Å². The van der Waals surface area contributed by atoms with Gasteiger partial charge >= 0.3 is 0 Å². The molecule has 0 unspecified atom stereocenters. The van der Waals surface area contributed by atoms with Crippen molar-refractivity contribution in [2.24, 2.45) is 5.73 Å². The molecular weight excluding hydrogens is 284 g/mol. The standard InChI is InChI=1S/C16H20N2S2/c1-2-19-13-6-4-12(5-7-13)15-18-14(10-20-15)16(11-17)8-3-9-16/h4-7,10H,2-3,8-9,11,17H2,1H3. The van der Waals surface area contributed by atoms with Gasteiger partial charge in [-0.05, 0) is 30.7 Å². The molecule has 0 spiro atoms. The molecule has 1 aliphatic carbocycles. The van der Waals surface area contributed by atoms with Crippen molar-refractivity contribution in [3.05, 3.63) is 35.3 Å². The molecule has 1 aliphatic rings. The van der Waals surface area contributed by atoms with Crippen molar-refractivity contribution in [2.45, 2.75) is 36.5 Å². The average Bonchev–Trinajstić information content (AvgIpc) is 2.89. The molecule has 106 valence electrons. The smallest absolute Gasteiger partial charge is 0.123 e. The van der Waals surface area contributed by atoms with Gasteiger partial charge in [0.2, 0.25) is 0 Å². The van der Waals surface area contributed by atoms with Crippen LogP contribution in [0.15, 0.2) is 34.5 Å². The van der Waals surface area contributed by atoms with Crippen molar-refractivity contribution in [1.29, 1.82) is 0 Å². The second-order valence-electron chi connectivity index (χ2n) is 5.33. The van der Waals surface area contributed by atoms with Gasteiger partial charge in [0.15, 0.2) is 0 Å². The molecule has 0 radical (unpaired) electrons. The molecule has 1 fully saturated rings. The molecule has 1 heterocycles. The predicted octanol–water partition coefficient (Wildman–Crippen LogP) is 4.30. The first-order chi connectivity index (χ1) is 9.77. The van der Waals surface area contributed by atoms with Crippen LogP contribution in [-0.4, -0.2) is 17.3 Å². The van der Waals surface area contributed by atoms with E-state index in [4.69, 9.17) is 10.7 Å². The Labute approximate surface area is 128 Å². The molecule has 0 bridgehead atoms. The van der Waals surface area contributed by atoms with Crippen LogP contribution in [0.3, 0.4) is 0 Å². The van der Waals surface area contributed by atoms with Crippen molar-refractivity contribution in [3.8, 4) is 10.6 Å². The molecule has 3 rings (SSSR count). The van der Waals surface area contributed by atoms with Crippen molar-refractivity contribution in [3.63, 3.8) is 0 Å². The summed E-state index contributed by atoms with van der Waals surface area (Å²) in [5.41, 5.74) is 8.56. The lowest BCUT2D eigenvalue weighted by Gasteiger charge is -2.39. The van der Waals surface area contributed by atoms with E-state index < -0.39 is 0 Å². The van der Waals surface area contributed by atoms with E-state index in [0.717, 1.165) is 17.3 Å². The van der Waals surface area contributed by atoms with Crippen molar-refractivity contribution in [1.82, 2.24) is 4.98 Å². The van der Waals surface area contributed by atoms with Crippen LogP contribution in [0.2, 0.25) is 0 Å². The van der Waals surface area contributed by atoms with Crippen LogP contribution in [0.5, 0.6) is 0 Å². The number of hydrogen-bond donors (Lipinski definition) is 1. The van der Waals surface area contributed by atoms with Gasteiger partial charge < -0.3 is 5.73 Å². The quantitative estimate of drug-likeness (QED) is 0.837. The lowest BCUT2D eigenvalue weighted by atomic mass is 9.67. The first-order valence-electron chi connectivity index (χ1n) is 7.17. The van der Waals surface area contributed by atoms with Crippen molar-refractivity contribution < 1.29 is 0 Å². The monoisotopic (exact) mass is 304 g/mol. The zero-order valence-electron chi connectivity index (χ0n) is 11.8. The Kier molecular flexibility index (Phi) is 4.15. The lowest BCUT2D eigenvalue weighted by Crippen LogP contribution is -2.41. The second kappa shape index (κ2) is 5.88. The van der Waals surface area contributed by atoms with Gasteiger partial charge in [-0.2, -0.15) is 0 Å². The Hall–Kier alpha value is -0.840. The largest absolute Gasteiger partial charge is 0.330 e. The number of thioether (sulfide) groups is 1. The van der Waals surface area contributed by atoms with Crippen LogP contribution in [0.1, 0.15) is 31.9 Å². The van der Waals surface area contributed by atoms with E-state index in [0.29, 0.717) is 0 Å². The summed E-state index contributed by atoms with van der Waals surface area (Å²) in [6.07, 6.45) is 3.67. The number of nitrogens with zero attached hydrogens (tertiary/aromatic N) is 1. The molecule has 2 N–H and O–H groups in total. The predicted molar refractivity (Wildman–Crippen MR) is 88.5 cm³/mol. The van der Waals surface area contributed by atoms with Crippen LogP contribution in [0.4, 0.5) is 0 Å². The lowest BCUT2D eigenvalue weighted by molar-refractivity contribution is 0.247. The summed E-state index contributed by atoms with van der Waals surface area (Å²) in [7, 11) is 0. The zero-order valence-corrected chi connectivity index (χ0v) is 13.4. The molecule has 1 aromatic heterocycles. The van der Waals surface area contributed by atoms with E-state index in [1.165, 1.54) is 35.4 Å². The van der Waals surface area contributed by atoms with E-state index in [9.17, 15) is 0 Å². The highest BCUT2D eigenvalue weighted by molar-refractivity contribution is 7.99. The summed E-state index contributed by atoms with van der Waals surface area (Å²) in [5.74, 6) is 1.11. The fraction of sp³-hybridized carbons (Fsp3) is 0.438. The zero-order chi connectivity index (χ0) is 14.0. The first kappa shape index (κ1) is 14.1. The molecule has 1 aromatic carbocycles. The molecule has 4 heteroatoms. The Morgan fingerprint density at radius 1 is 1.30 bits per heavy atom. The summed E-state index contributed by atoms with van der Waals surface area (Å²) in [6, 6.07) is 8.73. The third-order valence-corrected chi connectivity index (χ3v) is 5.95. The molecule has 0 atom stereocenters. The summed E-state index contributed by atoms with van der Waals surface area (Å²) >= 11 is 3.61. The normalized spacial score (nSPS) is 16.9. The Bertz CT molecular complexity index is 565. The number of benzene rings is 1. The van der Waals surface area contributed by atoms with Crippen LogP contribution in [0.25, 0.3) is 10.6 Å². The van der Waals surface area contributed by atoms with Gasteiger partial charge in [0, 0.05) is 27.8 Å². The van der Waals surface area contributed by atoms with Gasteiger partial charge in [0.25, 0.3) is 0 Å². The van der Waals surface area contributed by atoms with Gasteiger partial charge in [-0.25, -0.2) is 4.98 Å². The van der Waals surface area contributed by atoms with Gasteiger partial charge in [0.05, 0.1) is 5.69 Å². The van der Waals surface area contributed by atoms with Crippen LogP contribution in [-0.2, 0) is 5.41 Å². The van der Waals surface area contributed by atoms with Gasteiger partial charge in [-0.3, -0.25) is 0 Å². The molecule has 20 heavy (non-hydrogen) atoms. The third-order valence-electron chi connectivity index (χ3n) is 4.16. The highest BCUT2D eigenvalue weighted by Crippen LogP contribution is 2.43. The average molecular weight is 304 g/mol. The van der Waals surface area contributed by atoms with Crippen molar-refractivity contribution >= 4 is 23.1 Å². The maximum atomic E-state index is 5.96. The Morgan fingerprint density at radius 3 is 2.60 bits per heavy atom. The number of rotatable bonds is 5. The van der Waals surface area contributed by atoms with Crippen LogP contribution < -0.4 is 5.73 Å². The first-order valence-corrected chi connectivity index (χ1v) is 9.03. The maximum absolute atomic E-state index is 5.96. The Balaban J connectivity index is 1.82. The second-order valence-corrected chi connectivity index (χ2v) is 7.53. The maximum Gasteiger partial charge on any atom is 0.123 e. The molecule has 2 nitrogen and oxygen atoms in total. The topological polar surface area (TPSA) is 38.9 Å². The minimum Gasteiger partial charge on any atom is -0.330 e. The van der Waals surface area contributed by atoms with E-state index in [1.54, 1.807) is 11.3 Å². The highest BCUT2D eigenvalue weighted by atomic mass is 32.2. The fourth-order valence-electron chi connectivity index (χ4n) is 2.68. The molecule has 2 aromatic rings. The summed E-state index contributed by atoms with van der Waals surface area (Å²) in [5, 5.41) is 3.32. The van der Waals surface area contributed by atoms with Crippen molar-refractivity contribution in [2.75, 3.05) is 12.3 Å². The van der Waals surface area contributed by atoms with Gasteiger partial charge in [-0.1, -0.05) is 25.5 Å². The molecule has 0 amide bonds. The molecule has 0 saturated heterocycles. The fourth-order valence-corrected chi connectivity index (χ4v) is 4.29. The van der Waals surface area contributed by atoms with E-state index in [2.05, 4.69) is 36.6 Å². The summed E-state index contributed by atoms with van der Waals surface area (Å²) in [4.78, 5) is 6.18. The van der Waals surface area contributed by atoms with Crippen LogP contribution >= 0.6 is 23.1 Å². The summed E-state index contributed by atoms with van der Waals surface area (Å²) < 4.78 is 0. The summed E-state index contributed by atoms with van der Waals surface area (Å²) in [6.45, 7) is 2.90. The highest BCUT2D eigenvalue weighted by Gasteiger charge is 2.39. The van der Waals surface area contributed by atoms with Gasteiger partial charge in [0.1, 0.15) is 5.01 Å². The number of hydrogen-bond acceptors (Lipinski definition) is 4. The number of thiazole rings is 1. The Morgan fingerprint density at radius 2 is 2.05 bits per heavy atom.